The number of hydrogen-bond acceptors (Lipinski definition) is 4. The quantitative estimate of drug-likeness (QED) is 0.664. The minimum Gasteiger partial charge on any atom is -0.392 e. The van der Waals surface area contributed by atoms with E-state index in [-0.39, 0.29) is 6.04 Å². The van der Waals surface area contributed by atoms with E-state index in [1.54, 1.807) is 0 Å². The molecule has 0 saturated carbocycles. The Hall–Kier alpha value is -0.770. The largest absolute Gasteiger partial charge is 0.514 e. The first-order valence-electron chi connectivity index (χ1n) is 4.76. The number of hydrogen-bond donors (Lipinski definition) is 1. The molecule has 1 aliphatic rings. The van der Waals surface area contributed by atoms with E-state index >= 15 is 0 Å². The van der Waals surface area contributed by atoms with Crippen LogP contribution in [-0.4, -0.2) is 18.5 Å². The van der Waals surface area contributed by atoms with Crippen molar-refractivity contribution in [3.05, 3.63) is 0 Å². The van der Waals surface area contributed by atoms with Crippen LogP contribution in [0.1, 0.15) is 33.1 Å². The van der Waals surface area contributed by atoms with Crippen molar-refractivity contribution in [1.82, 2.24) is 0 Å². The van der Waals surface area contributed by atoms with Gasteiger partial charge in [-0.2, -0.15) is 0 Å². The number of carbonyl (C=O) groups is 1. The second kappa shape index (κ2) is 4.46. The Labute approximate surface area is 78.4 Å². The first kappa shape index (κ1) is 10.3. The molecule has 0 amide bonds. The molecule has 4 heteroatoms. The predicted octanol–water partition coefficient (Wildman–Crippen LogP) is 1.63. The third-order valence-corrected chi connectivity index (χ3v) is 2.23. The van der Waals surface area contributed by atoms with Crippen molar-refractivity contribution in [3.8, 4) is 0 Å². The van der Waals surface area contributed by atoms with Crippen LogP contribution in [-0.2, 0) is 9.47 Å². The Morgan fingerprint density at radius 3 is 2.62 bits per heavy atom. The van der Waals surface area contributed by atoms with E-state index in [0.29, 0.717) is 5.92 Å². The summed E-state index contributed by atoms with van der Waals surface area (Å²) in [6.45, 7) is 4.28. The molecule has 0 bridgehead atoms. The summed E-state index contributed by atoms with van der Waals surface area (Å²) >= 11 is 0. The summed E-state index contributed by atoms with van der Waals surface area (Å²) in [6.07, 6.45) is 2.02. The predicted molar refractivity (Wildman–Crippen MR) is 48.0 cm³/mol. The van der Waals surface area contributed by atoms with Gasteiger partial charge in [0.15, 0.2) is 0 Å². The van der Waals surface area contributed by atoms with E-state index < -0.39 is 12.4 Å². The molecule has 0 aromatic heterocycles. The molecule has 1 heterocycles. The number of rotatable bonds is 5. The van der Waals surface area contributed by atoms with Crippen molar-refractivity contribution < 1.29 is 14.3 Å². The second-order valence-electron chi connectivity index (χ2n) is 3.65. The Morgan fingerprint density at radius 1 is 1.54 bits per heavy atom. The summed E-state index contributed by atoms with van der Waals surface area (Å²) in [7, 11) is 0. The zero-order valence-electron chi connectivity index (χ0n) is 8.16. The molecule has 1 aliphatic heterocycles. The maximum Gasteiger partial charge on any atom is 0.514 e. The second-order valence-corrected chi connectivity index (χ2v) is 3.65. The molecule has 0 aromatic carbocycles. The molecule has 0 aliphatic carbocycles. The molecule has 1 fully saturated rings. The summed E-state index contributed by atoms with van der Waals surface area (Å²) < 4.78 is 9.39. The van der Waals surface area contributed by atoms with Gasteiger partial charge < -0.3 is 15.2 Å². The van der Waals surface area contributed by atoms with Gasteiger partial charge in [-0.25, -0.2) is 4.79 Å². The lowest BCUT2D eigenvalue weighted by atomic mass is 9.97. The van der Waals surface area contributed by atoms with Crippen LogP contribution in [0.3, 0.4) is 0 Å². The smallest absolute Gasteiger partial charge is 0.392 e. The average molecular weight is 187 g/mol. The Balaban J connectivity index is 2.17. The molecule has 1 saturated heterocycles. The van der Waals surface area contributed by atoms with E-state index in [0.717, 1.165) is 19.3 Å². The molecule has 0 aromatic rings. The molecule has 13 heavy (non-hydrogen) atoms. The standard InChI is InChI=1S/C9H17NO3/c1-3-4-6(2)5-7(10)8-12-9(11)13-8/h6-8H,3-5,10H2,1-2H3. The van der Waals surface area contributed by atoms with E-state index in [1.807, 2.05) is 0 Å². The molecular weight excluding hydrogens is 170 g/mol. The van der Waals surface area contributed by atoms with Crippen molar-refractivity contribution in [1.29, 1.82) is 0 Å². The van der Waals surface area contributed by atoms with Crippen LogP contribution >= 0.6 is 0 Å². The van der Waals surface area contributed by atoms with Gasteiger partial charge in [-0.05, 0) is 12.3 Å². The molecule has 4 nitrogen and oxygen atoms in total. The zero-order chi connectivity index (χ0) is 9.84. The number of ether oxygens (including phenoxy) is 2. The van der Waals surface area contributed by atoms with Crippen molar-refractivity contribution in [2.75, 3.05) is 0 Å². The fourth-order valence-corrected chi connectivity index (χ4v) is 1.56. The summed E-state index contributed by atoms with van der Waals surface area (Å²) in [6, 6.07) is -0.181. The van der Waals surface area contributed by atoms with Crippen molar-refractivity contribution >= 4 is 6.16 Å². The van der Waals surface area contributed by atoms with Crippen molar-refractivity contribution in [2.45, 2.75) is 45.4 Å². The van der Waals surface area contributed by atoms with E-state index in [9.17, 15) is 4.79 Å². The van der Waals surface area contributed by atoms with Crippen LogP contribution in [0.4, 0.5) is 4.79 Å². The fourth-order valence-electron chi connectivity index (χ4n) is 1.56. The van der Waals surface area contributed by atoms with Gasteiger partial charge in [0, 0.05) is 0 Å². The van der Waals surface area contributed by atoms with Gasteiger partial charge >= 0.3 is 6.16 Å². The molecule has 76 valence electrons. The lowest BCUT2D eigenvalue weighted by Gasteiger charge is -2.31. The topological polar surface area (TPSA) is 61.5 Å². The molecule has 0 spiro atoms. The molecule has 2 atom stereocenters. The van der Waals surface area contributed by atoms with Gasteiger partial charge in [0.05, 0.1) is 6.04 Å². The Bertz CT molecular complexity index is 176. The highest BCUT2D eigenvalue weighted by atomic mass is 16.9. The van der Waals surface area contributed by atoms with Gasteiger partial charge in [0.25, 0.3) is 6.29 Å². The van der Waals surface area contributed by atoms with E-state index in [2.05, 4.69) is 13.8 Å². The monoisotopic (exact) mass is 187 g/mol. The van der Waals surface area contributed by atoms with E-state index in [4.69, 9.17) is 15.2 Å². The first-order chi connectivity index (χ1) is 6.13. The van der Waals surface area contributed by atoms with Crippen molar-refractivity contribution in [3.63, 3.8) is 0 Å². The van der Waals surface area contributed by atoms with E-state index in [1.165, 1.54) is 0 Å². The van der Waals surface area contributed by atoms with Gasteiger partial charge in [-0.15, -0.1) is 0 Å². The lowest BCUT2D eigenvalue weighted by Crippen LogP contribution is -2.49. The third kappa shape index (κ3) is 2.88. The Morgan fingerprint density at radius 2 is 2.15 bits per heavy atom. The first-order valence-corrected chi connectivity index (χ1v) is 4.76. The Kier molecular flexibility index (Phi) is 3.54. The number of nitrogens with two attached hydrogens (primary N) is 1. The van der Waals surface area contributed by atoms with Gasteiger partial charge in [-0.3, -0.25) is 0 Å². The molecular formula is C9H17NO3. The minimum atomic E-state index is -0.608. The van der Waals surface area contributed by atoms with Gasteiger partial charge in [-0.1, -0.05) is 26.7 Å². The third-order valence-electron chi connectivity index (χ3n) is 2.23. The minimum absolute atomic E-state index is 0.181. The summed E-state index contributed by atoms with van der Waals surface area (Å²) in [5.74, 6) is 0.558. The molecule has 2 N–H and O–H groups in total. The lowest BCUT2D eigenvalue weighted by molar-refractivity contribution is -0.194. The van der Waals surface area contributed by atoms with Crippen LogP contribution in [0.25, 0.3) is 0 Å². The maximum atomic E-state index is 10.3. The van der Waals surface area contributed by atoms with Gasteiger partial charge in [0.2, 0.25) is 0 Å². The average Bonchev–Trinajstić information content (AvgIpc) is 1.99. The van der Waals surface area contributed by atoms with Crippen molar-refractivity contribution in [2.24, 2.45) is 11.7 Å². The maximum absolute atomic E-state index is 10.3. The van der Waals surface area contributed by atoms with Crippen LogP contribution in [0.2, 0.25) is 0 Å². The highest BCUT2D eigenvalue weighted by Crippen LogP contribution is 2.20. The molecule has 1 rings (SSSR count). The molecule has 2 unspecified atom stereocenters. The fraction of sp³-hybridized carbons (Fsp3) is 0.889. The summed E-state index contributed by atoms with van der Waals surface area (Å²) in [4.78, 5) is 10.3. The van der Waals surface area contributed by atoms with Crippen LogP contribution in [0.15, 0.2) is 0 Å². The summed E-state index contributed by atoms with van der Waals surface area (Å²) in [5.41, 5.74) is 5.77. The number of cyclic esters (lactones) is 2. The molecule has 0 radical (unpaired) electrons. The van der Waals surface area contributed by atoms with Crippen LogP contribution in [0.5, 0.6) is 0 Å². The van der Waals surface area contributed by atoms with Crippen LogP contribution < -0.4 is 5.73 Å². The normalized spacial score (nSPS) is 21.3. The van der Waals surface area contributed by atoms with Crippen LogP contribution in [0, 0.1) is 5.92 Å². The number of carbonyl (C=O) groups excluding carboxylic acids is 1. The highest BCUT2D eigenvalue weighted by Gasteiger charge is 2.36. The zero-order valence-corrected chi connectivity index (χ0v) is 8.16. The SMILES string of the molecule is CCCC(C)CC(N)C1OC(=O)O1. The highest BCUT2D eigenvalue weighted by molar-refractivity contribution is 5.64. The van der Waals surface area contributed by atoms with Gasteiger partial charge in [0.1, 0.15) is 0 Å². The summed E-state index contributed by atoms with van der Waals surface area (Å²) in [5, 5.41) is 0.